The van der Waals surface area contributed by atoms with Crippen molar-refractivity contribution >= 4 is 56.9 Å². The molecule has 1 aromatic heterocycles. The molecule has 0 bridgehead atoms. The summed E-state index contributed by atoms with van der Waals surface area (Å²) in [6.45, 7) is 2.34. The molecule has 1 heterocycles. The minimum absolute atomic E-state index is 0.0126. The number of aromatic nitrogens is 2. The molecule has 0 amide bonds. The van der Waals surface area contributed by atoms with Gasteiger partial charge in [0.1, 0.15) is 0 Å². The van der Waals surface area contributed by atoms with E-state index in [-0.39, 0.29) is 5.56 Å². The predicted octanol–water partition coefficient (Wildman–Crippen LogP) is 5.28. The average Bonchev–Trinajstić information content (AvgIpc) is 2.59. The van der Waals surface area contributed by atoms with E-state index in [1.807, 2.05) is 61.5 Å². The van der Waals surface area contributed by atoms with E-state index >= 15 is 0 Å². The maximum Gasteiger partial charge on any atom is 0.262 e. The number of halogens is 2. The molecule has 0 unspecified atom stereocenters. The molecular formula is C19H16ClIN2OS. The molecule has 0 radical (unpaired) electrons. The lowest BCUT2D eigenvalue weighted by Gasteiger charge is -2.13. The highest BCUT2D eigenvalue weighted by molar-refractivity contribution is 14.1. The van der Waals surface area contributed by atoms with Gasteiger partial charge in [-0.3, -0.25) is 9.36 Å². The number of rotatable bonds is 5. The highest BCUT2D eigenvalue weighted by Crippen LogP contribution is 2.21. The first kappa shape index (κ1) is 18.5. The molecule has 6 heteroatoms. The van der Waals surface area contributed by atoms with Gasteiger partial charge in [-0.25, -0.2) is 4.98 Å². The second-order valence-corrected chi connectivity index (χ2v) is 8.36. The summed E-state index contributed by atoms with van der Waals surface area (Å²) >= 11 is 9.65. The number of benzene rings is 2. The predicted molar refractivity (Wildman–Crippen MR) is 115 cm³/mol. The molecule has 3 aromatic rings. The van der Waals surface area contributed by atoms with Crippen LogP contribution < -0.4 is 5.56 Å². The van der Waals surface area contributed by atoms with Crippen molar-refractivity contribution in [3.05, 3.63) is 79.1 Å². The Hall–Kier alpha value is -1.31. The average molecular weight is 483 g/mol. The van der Waals surface area contributed by atoms with E-state index < -0.39 is 0 Å². The lowest BCUT2D eigenvalue weighted by molar-refractivity contribution is 0.658. The van der Waals surface area contributed by atoms with Crippen LogP contribution in [0.5, 0.6) is 0 Å². The molecule has 0 aliphatic heterocycles. The van der Waals surface area contributed by atoms with Crippen LogP contribution in [0.3, 0.4) is 0 Å². The molecular weight excluding hydrogens is 467 g/mol. The summed E-state index contributed by atoms with van der Waals surface area (Å²) in [5.41, 5.74) is 1.78. The van der Waals surface area contributed by atoms with Crippen LogP contribution in [0.25, 0.3) is 10.9 Å². The molecule has 0 N–H and O–H groups in total. The first-order valence-corrected chi connectivity index (χ1v) is 10.2. The molecule has 0 saturated heterocycles. The fraction of sp³-hybridized carbons (Fsp3) is 0.158. The van der Waals surface area contributed by atoms with Gasteiger partial charge in [0, 0.05) is 14.4 Å². The second-order valence-electron chi connectivity index (χ2n) is 5.53. The lowest BCUT2D eigenvalue weighted by atomic mass is 10.2. The minimum atomic E-state index is -0.0126. The summed E-state index contributed by atoms with van der Waals surface area (Å²) in [6.07, 6.45) is 1.92. The third-order valence-corrected chi connectivity index (χ3v) is 5.37. The first-order chi connectivity index (χ1) is 12.0. The van der Waals surface area contributed by atoms with Gasteiger partial charge in [0.25, 0.3) is 5.56 Å². The van der Waals surface area contributed by atoms with E-state index in [0.29, 0.717) is 22.8 Å². The molecule has 2 aromatic carbocycles. The van der Waals surface area contributed by atoms with Crippen LogP contribution in [0.2, 0.25) is 0 Å². The minimum Gasteiger partial charge on any atom is -0.283 e. The molecule has 0 spiro atoms. The number of thioether (sulfide) groups is 1. The zero-order valence-corrected chi connectivity index (χ0v) is 17.3. The number of allylic oxidation sites excluding steroid dienone is 1. The monoisotopic (exact) mass is 482 g/mol. The molecule has 0 fully saturated rings. The number of hydrogen-bond acceptors (Lipinski definition) is 3. The van der Waals surface area contributed by atoms with Crippen molar-refractivity contribution in [3.63, 3.8) is 0 Å². The van der Waals surface area contributed by atoms with Crippen LogP contribution in [0.4, 0.5) is 0 Å². The van der Waals surface area contributed by atoms with Crippen molar-refractivity contribution in [2.75, 3.05) is 5.75 Å². The van der Waals surface area contributed by atoms with Crippen LogP contribution in [0, 0.1) is 3.57 Å². The summed E-state index contributed by atoms with van der Waals surface area (Å²) < 4.78 is 2.77. The Morgan fingerprint density at radius 2 is 2.04 bits per heavy atom. The van der Waals surface area contributed by atoms with E-state index in [0.717, 1.165) is 19.7 Å². The topological polar surface area (TPSA) is 34.9 Å². The van der Waals surface area contributed by atoms with Gasteiger partial charge in [-0.1, -0.05) is 59.8 Å². The Bertz CT molecular complexity index is 982. The Kier molecular flexibility index (Phi) is 6.19. The maximum atomic E-state index is 13.1. The van der Waals surface area contributed by atoms with Gasteiger partial charge in [0.15, 0.2) is 5.16 Å². The Balaban J connectivity index is 2.10. The summed E-state index contributed by atoms with van der Waals surface area (Å²) in [6, 6.07) is 15.7. The maximum absolute atomic E-state index is 13.1. The van der Waals surface area contributed by atoms with Crippen LogP contribution in [-0.4, -0.2) is 15.3 Å². The SMILES string of the molecule is CC(Cl)=CCSc1nc2ccc(I)cc2c(=O)n1Cc1ccccc1. The molecule has 0 aliphatic rings. The van der Waals surface area contributed by atoms with E-state index in [1.165, 1.54) is 11.8 Å². The van der Waals surface area contributed by atoms with Crippen molar-refractivity contribution in [2.45, 2.75) is 18.6 Å². The van der Waals surface area contributed by atoms with Crippen molar-refractivity contribution < 1.29 is 0 Å². The molecule has 128 valence electrons. The van der Waals surface area contributed by atoms with Gasteiger partial charge < -0.3 is 0 Å². The fourth-order valence-corrected chi connectivity index (χ4v) is 4.03. The molecule has 25 heavy (non-hydrogen) atoms. The highest BCUT2D eigenvalue weighted by Gasteiger charge is 2.12. The first-order valence-electron chi connectivity index (χ1n) is 7.73. The fourth-order valence-electron chi connectivity index (χ4n) is 2.42. The van der Waals surface area contributed by atoms with Gasteiger partial charge in [0.2, 0.25) is 0 Å². The van der Waals surface area contributed by atoms with Crippen molar-refractivity contribution in [1.82, 2.24) is 9.55 Å². The normalized spacial score (nSPS) is 11.9. The standard InChI is InChI=1S/C19H16ClIN2OS/c1-13(20)9-10-25-19-22-17-8-7-15(21)11-16(17)18(24)23(19)12-14-5-3-2-4-6-14/h2-9,11H,10,12H2,1H3. The van der Waals surface area contributed by atoms with E-state index in [4.69, 9.17) is 16.6 Å². The second kappa shape index (κ2) is 8.38. The van der Waals surface area contributed by atoms with Crippen LogP contribution in [-0.2, 0) is 6.54 Å². The third-order valence-electron chi connectivity index (χ3n) is 3.64. The summed E-state index contributed by atoms with van der Waals surface area (Å²) in [5, 5.41) is 2.09. The molecule has 0 aliphatic carbocycles. The largest absolute Gasteiger partial charge is 0.283 e. The molecule has 3 nitrogen and oxygen atoms in total. The number of hydrogen-bond donors (Lipinski definition) is 0. The smallest absolute Gasteiger partial charge is 0.262 e. The van der Waals surface area contributed by atoms with Gasteiger partial charge in [-0.05, 0) is 53.3 Å². The lowest BCUT2D eigenvalue weighted by Crippen LogP contribution is -2.24. The Labute approximate surface area is 169 Å². The summed E-state index contributed by atoms with van der Waals surface area (Å²) in [5.74, 6) is 0.673. The Morgan fingerprint density at radius 1 is 1.28 bits per heavy atom. The van der Waals surface area contributed by atoms with E-state index in [2.05, 4.69) is 22.6 Å². The highest BCUT2D eigenvalue weighted by atomic mass is 127. The van der Waals surface area contributed by atoms with Crippen molar-refractivity contribution in [2.24, 2.45) is 0 Å². The third kappa shape index (κ3) is 4.65. The van der Waals surface area contributed by atoms with Gasteiger partial charge in [-0.15, -0.1) is 0 Å². The van der Waals surface area contributed by atoms with Gasteiger partial charge in [0.05, 0.1) is 17.4 Å². The van der Waals surface area contributed by atoms with Crippen LogP contribution in [0.15, 0.2) is 69.6 Å². The zero-order chi connectivity index (χ0) is 17.8. The molecule has 3 rings (SSSR count). The zero-order valence-electron chi connectivity index (χ0n) is 13.6. The van der Waals surface area contributed by atoms with Gasteiger partial charge in [-0.2, -0.15) is 0 Å². The van der Waals surface area contributed by atoms with E-state index in [1.54, 1.807) is 4.57 Å². The van der Waals surface area contributed by atoms with Gasteiger partial charge >= 0.3 is 0 Å². The van der Waals surface area contributed by atoms with Crippen molar-refractivity contribution in [3.8, 4) is 0 Å². The quantitative estimate of drug-likeness (QED) is 0.282. The Morgan fingerprint density at radius 3 is 2.76 bits per heavy atom. The van der Waals surface area contributed by atoms with Crippen LogP contribution in [0.1, 0.15) is 12.5 Å². The number of fused-ring (bicyclic) bond motifs is 1. The van der Waals surface area contributed by atoms with E-state index in [9.17, 15) is 4.79 Å². The summed E-state index contributed by atoms with van der Waals surface area (Å²) in [7, 11) is 0. The molecule has 0 saturated carbocycles. The van der Waals surface area contributed by atoms with Crippen LogP contribution >= 0.6 is 46.0 Å². The summed E-state index contributed by atoms with van der Waals surface area (Å²) in [4.78, 5) is 17.8. The molecule has 0 atom stereocenters. The van der Waals surface area contributed by atoms with Crippen molar-refractivity contribution in [1.29, 1.82) is 0 Å². The number of nitrogens with zero attached hydrogens (tertiary/aromatic N) is 2.